The van der Waals surface area contributed by atoms with Crippen LogP contribution in [0.3, 0.4) is 0 Å². The number of halogens is 1. The van der Waals surface area contributed by atoms with Crippen LogP contribution in [0.1, 0.15) is 31.8 Å². The lowest BCUT2D eigenvalue weighted by atomic mass is 10.1. The first-order chi connectivity index (χ1) is 13.5. The van der Waals surface area contributed by atoms with Crippen molar-refractivity contribution >= 4 is 29.7 Å². The summed E-state index contributed by atoms with van der Waals surface area (Å²) in [6, 6.07) is 20.6. The molecule has 3 aromatic carbocycles. The number of hydrazone groups is 1. The van der Waals surface area contributed by atoms with E-state index < -0.39 is 5.97 Å². The van der Waals surface area contributed by atoms with Crippen molar-refractivity contribution in [1.29, 1.82) is 0 Å². The molecule has 0 aliphatic rings. The van der Waals surface area contributed by atoms with Gasteiger partial charge in [-0.2, -0.15) is 5.10 Å². The minimum Gasteiger partial charge on any atom is -0.423 e. The van der Waals surface area contributed by atoms with Crippen molar-refractivity contribution in [1.82, 2.24) is 5.43 Å². The summed E-state index contributed by atoms with van der Waals surface area (Å²) in [6.45, 7) is 1.86. The van der Waals surface area contributed by atoms with Gasteiger partial charge in [-0.1, -0.05) is 35.9 Å². The van der Waals surface area contributed by atoms with Gasteiger partial charge >= 0.3 is 5.97 Å². The molecule has 1 N–H and O–H groups in total. The van der Waals surface area contributed by atoms with E-state index in [2.05, 4.69) is 10.5 Å². The molecule has 3 rings (SSSR count). The van der Waals surface area contributed by atoms with Crippen LogP contribution in [0, 0.1) is 6.92 Å². The summed E-state index contributed by atoms with van der Waals surface area (Å²) in [4.78, 5) is 24.2. The fourth-order valence-electron chi connectivity index (χ4n) is 2.46. The van der Waals surface area contributed by atoms with Gasteiger partial charge < -0.3 is 4.74 Å². The van der Waals surface area contributed by atoms with Gasteiger partial charge in [-0.25, -0.2) is 10.2 Å². The van der Waals surface area contributed by atoms with Crippen LogP contribution in [-0.2, 0) is 0 Å². The average Bonchev–Trinajstić information content (AvgIpc) is 2.69. The second-order valence-electron chi connectivity index (χ2n) is 5.98. The maximum absolute atomic E-state index is 12.1. The van der Waals surface area contributed by atoms with Crippen LogP contribution in [-0.4, -0.2) is 18.1 Å². The lowest BCUT2D eigenvalue weighted by Gasteiger charge is -2.05. The Bertz CT molecular complexity index is 1030. The smallest absolute Gasteiger partial charge is 0.343 e. The summed E-state index contributed by atoms with van der Waals surface area (Å²) in [6.07, 6.45) is 1.51. The van der Waals surface area contributed by atoms with Crippen molar-refractivity contribution in [3.8, 4) is 5.75 Å². The molecule has 0 saturated carbocycles. The SMILES string of the molecule is Cc1ccccc1C(=O)N/N=C/c1ccc(OC(=O)c2cccc(Cl)c2)cc1. The Morgan fingerprint density at radius 1 is 1.00 bits per heavy atom. The van der Waals surface area contributed by atoms with Crippen LogP contribution < -0.4 is 10.2 Å². The van der Waals surface area contributed by atoms with Gasteiger partial charge in [-0.3, -0.25) is 4.79 Å². The van der Waals surface area contributed by atoms with Crippen LogP contribution in [0.25, 0.3) is 0 Å². The molecule has 0 unspecified atom stereocenters. The largest absolute Gasteiger partial charge is 0.423 e. The van der Waals surface area contributed by atoms with Crippen LogP contribution >= 0.6 is 11.6 Å². The zero-order valence-electron chi connectivity index (χ0n) is 15.1. The highest BCUT2D eigenvalue weighted by Gasteiger charge is 2.09. The molecule has 5 nitrogen and oxygen atoms in total. The summed E-state index contributed by atoms with van der Waals surface area (Å²) in [7, 11) is 0. The van der Waals surface area contributed by atoms with Crippen molar-refractivity contribution in [2.24, 2.45) is 5.10 Å². The van der Waals surface area contributed by atoms with Gasteiger partial charge in [0.25, 0.3) is 5.91 Å². The molecule has 6 heteroatoms. The van der Waals surface area contributed by atoms with Crippen molar-refractivity contribution in [3.05, 3.63) is 100 Å². The standard InChI is InChI=1S/C22H17ClN2O3/c1-15-5-2-3-8-20(15)21(26)25-24-14-16-9-11-19(12-10-16)28-22(27)17-6-4-7-18(23)13-17/h2-14H,1H3,(H,25,26)/b24-14+. The summed E-state index contributed by atoms with van der Waals surface area (Å²) in [5, 5.41) is 4.43. The number of carbonyl (C=O) groups excluding carboxylic acids is 2. The van der Waals surface area contributed by atoms with Gasteiger partial charge in [0.2, 0.25) is 0 Å². The normalized spacial score (nSPS) is 10.6. The zero-order valence-corrected chi connectivity index (χ0v) is 15.8. The van der Waals surface area contributed by atoms with Gasteiger partial charge in [0.05, 0.1) is 11.8 Å². The Morgan fingerprint density at radius 3 is 2.46 bits per heavy atom. The minimum absolute atomic E-state index is 0.276. The predicted octanol–water partition coefficient (Wildman–Crippen LogP) is 4.63. The van der Waals surface area contributed by atoms with E-state index in [0.29, 0.717) is 21.9 Å². The summed E-state index contributed by atoms with van der Waals surface area (Å²) >= 11 is 5.88. The van der Waals surface area contributed by atoms with Crippen molar-refractivity contribution < 1.29 is 14.3 Å². The van der Waals surface area contributed by atoms with E-state index in [0.717, 1.165) is 11.1 Å². The van der Waals surface area contributed by atoms with E-state index in [1.165, 1.54) is 6.21 Å². The Kier molecular flexibility index (Phi) is 6.19. The highest BCUT2D eigenvalue weighted by atomic mass is 35.5. The number of hydrogen-bond acceptors (Lipinski definition) is 4. The zero-order chi connectivity index (χ0) is 19.9. The van der Waals surface area contributed by atoms with Crippen molar-refractivity contribution in [2.75, 3.05) is 0 Å². The summed E-state index contributed by atoms with van der Waals surface area (Å²) in [5.41, 5.74) is 5.06. The highest BCUT2D eigenvalue weighted by Crippen LogP contribution is 2.16. The maximum atomic E-state index is 12.1. The minimum atomic E-state index is -0.491. The molecule has 0 heterocycles. The molecule has 28 heavy (non-hydrogen) atoms. The summed E-state index contributed by atoms with van der Waals surface area (Å²) in [5.74, 6) is -0.373. The van der Waals surface area contributed by atoms with Crippen molar-refractivity contribution in [2.45, 2.75) is 6.92 Å². The number of esters is 1. The van der Waals surface area contributed by atoms with E-state index >= 15 is 0 Å². The molecule has 0 fully saturated rings. The van der Waals surface area contributed by atoms with E-state index in [9.17, 15) is 9.59 Å². The van der Waals surface area contributed by atoms with Gasteiger partial charge in [-0.05, 0) is 66.6 Å². The predicted molar refractivity (Wildman–Crippen MR) is 109 cm³/mol. The van der Waals surface area contributed by atoms with E-state index in [1.54, 1.807) is 60.7 Å². The Morgan fingerprint density at radius 2 is 1.75 bits per heavy atom. The molecule has 0 atom stereocenters. The second kappa shape index (κ2) is 8.97. The molecule has 0 spiro atoms. The first kappa shape index (κ1) is 19.3. The van der Waals surface area contributed by atoms with Crippen LogP contribution in [0.15, 0.2) is 77.9 Å². The number of nitrogens with one attached hydrogen (secondary N) is 1. The third kappa shape index (κ3) is 5.05. The molecular weight excluding hydrogens is 376 g/mol. The lowest BCUT2D eigenvalue weighted by Crippen LogP contribution is -2.18. The van der Waals surface area contributed by atoms with Gasteiger partial charge in [0, 0.05) is 10.6 Å². The second-order valence-corrected chi connectivity index (χ2v) is 6.42. The molecular formula is C22H17ClN2O3. The third-order valence-corrected chi connectivity index (χ3v) is 4.16. The number of amides is 1. The molecule has 0 bridgehead atoms. The van der Waals surface area contributed by atoms with Gasteiger partial charge in [0.1, 0.15) is 5.75 Å². The lowest BCUT2D eigenvalue weighted by molar-refractivity contribution is 0.0734. The fraction of sp³-hybridized carbons (Fsp3) is 0.0455. The molecule has 1 amide bonds. The summed E-state index contributed by atoms with van der Waals surface area (Å²) < 4.78 is 5.31. The van der Waals surface area contributed by atoms with Crippen LogP contribution in [0.4, 0.5) is 0 Å². The molecule has 0 aromatic heterocycles. The molecule has 0 saturated heterocycles. The Balaban J connectivity index is 1.58. The molecule has 0 aliphatic carbocycles. The number of carbonyl (C=O) groups is 2. The van der Waals surface area contributed by atoms with Crippen LogP contribution in [0.2, 0.25) is 5.02 Å². The van der Waals surface area contributed by atoms with E-state index in [4.69, 9.17) is 16.3 Å². The third-order valence-electron chi connectivity index (χ3n) is 3.92. The Hall–Kier alpha value is -3.44. The molecule has 3 aromatic rings. The van der Waals surface area contributed by atoms with Gasteiger partial charge in [0.15, 0.2) is 0 Å². The quantitative estimate of drug-likeness (QED) is 0.298. The number of ether oxygens (including phenoxy) is 1. The average molecular weight is 393 g/mol. The number of nitrogens with zero attached hydrogens (tertiary/aromatic N) is 1. The van der Waals surface area contributed by atoms with E-state index in [-0.39, 0.29) is 5.91 Å². The molecule has 0 aliphatic heterocycles. The Labute approximate surface area is 167 Å². The monoisotopic (exact) mass is 392 g/mol. The molecule has 140 valence electrons. The molecule has 0 radical (unpaired) electrons. The number of hydrogen-bond donors (Lipinski definition) is 1. The number of rotatable bonds is 5. The first-order valence-electron chi connectivity index (χ1n) is 8.50. The highest BCUT2D eigenvalue weighted by molar-refractivity contribution is 6.30. The van der Waals surface area contributed by atoms with Crippen molar-refractivity contribution in [3.63, 3.8) is 0 Å². The first-order valence-corrected chi connectivity index (χ1v) is 8.87. The maximum Gasteiger partial charge on any atom is 0.343 e. The van der Waals surface area contributed by atoms with Gasteiger partial charge in [-0.15, -0.1) is 0 Å². The number of benzene rings is 3. The van der Waals surface area contributed by atoms with E-state index in [1.807, 2.05) is 19.1 Å². The number of aryl methyl sites for hydroxylation is 1. The fourth-order valence-corrected chi connectivity index (χ4v) is 2.65. The van der Waals surface area contributed by atoms with Crippen LogP contribution in [0.5, 0.6) is 5.75 Å². The topological polar surface area (TPSA) is 67.8 Å².